The van der Waals surface area contributed by atoms with Crippen LogP contribution in [0.2, 0.25) is 0 Å². The van der Waals surface area contributed by atoms with Crippen LogP contribution in [0.25, 0.3) is 0 Å². The largest absolute Gasteiger partial charge is 0.383 e. The summed E-state index contributed by atoms with van der Waals surface area (Å²) < 4.78 is 41.6. The number of carbonyl (C=O) groups excluding carboxylic acids is 2. The van der Waals surface area contributed by atoms with Gasteiger partial charge in [-0.25, -0.2) is 18.0 Å². The first-order chi connectivity index (χ1) is 13.8. The average Bonchev–Trinajstić information content (AvgIpc) is 3.21. The minimum atomic E-state index is -1.61. The SMILES string of the molecule is C[C@H]1Cn2ncc(N3CC[C@H](O)C3=O)c2CN1C(=O)Nc1cc(F)c(F)c(F)c1. The summed E-state index contributed by atoms with van der Waals surface area (Å²) in [5, 5.41) is 16.3. The van der Waals surface area contributed by atoms with Gasteiger partial charge in [-0.1, -0.05) is 0 Å². The fourth-order valence-electron chi connectivity index (χ4n) is 3.61. The second-order valence-electron chi connectivity index (χ2n) is 7.11. The number of anilines is 2. The van der Waals surface area contributed by atoms with Gasteiger partial charge in [-0.05, 0) is 6.92 Å². The Morgan fingerprint density at radius 3 is 2.59 bits per heavy atom. The summed E-state index contributed by atoms with van der Waals surface area (Å²) in [5.74, 6) is -4.84. The van der Waals surface area contributed by atoms with E-state index >= 15 is 0 Å². The molecular weight excluding hydrogens is 391 g/mol. The number of nitrogens with zero attached hydrogens (tertiary/aromatic N) is 4. The molecule has 2 aliphatic heterocycles. The molecule has 0 spiro atoms. The molecule has 0 aliphatic carbocycles. The summed E-state index contributed by atoms with van der Waals surface area (Å²) in [6, 6.07) is 0.467. The Balaban J connectivity index is 1.56. The summed E-state index contributed by atoms with van der Waals surface area (Å²) in [7, 11) is 0. The molecule has 29 heavy (non-hydrogen) atoms. The Morgan fingerprint density at radius 2 is 1.97 bits per heavy atom. The molecule has 8 nitrogen and oxygen atoms in total. The Labute approximate surface area is 163 Å². The number of aliphatic hydroxyl groups excluding tert-OH is 1. The third-order valence-corrected chi connectivity index (χ3v) is 5.18. The van der Waals surface area contributed by atoms with Crippen LogP contribution in [0.5, 0.6) is 0 Å². The van der Waals surface area contributed by atoms with Crippen molar-refractivity contribution in [3.05, 3.63) is 41.5 Å². The summed E-state index contributed by atoms with van der Waals surface area (Å²) in [4.78, 5) is 27.7. The number of hydrogen-bond donors (Lipinski definition) is 2. The molecule has 3 heterocycles. The van der Waals surface area contributed by atoms with Gasteiger partial charge in [0, 0.05) is 30.8 Å². The highest BCUT2D eigenvalue weighted by Gasteiger charge is 2.36. The number of fused-ring (bicyclic) bond motifs is 1. The number of halogens is 3. The Bertz CT molecular complexity index is 972. The Morgan fingerprint density at radius 1 is 1.28 bits per heavy atom. The first-order valence-corrected chi connectivity index (χ1v) is 9.02. The van der Waals surface area contributed by atoms with Gasteiger partial charge in [0.2, 0.25) is 0 Å². The highest BCUT2D eigenvalue weighted by atomic mass is 19.2. The second-order valence-corrected chi connectivity index (χ2v) is 7.11. The number of rotatable bonds is 2. The van der Waals surface area contributed by atoms with Crippen LogP contribution in [0.15, 0.2) is 18.3 Å². The maximum Gasteiger partial charge on any atom is 0.322 e. The van der Waals surface area contributed by atoms with Crippen LogP contribution in [0.3, 0.4) is 0 Å². The van der Waals surface area contributed by atoms with Crippen molar-refractivity contribution in [3.63, 3.8) is 0 Å². The summed E-state index contributed by atoms with van der Waals surface area (Å²) >= 11 is 0. The van der Waals surface area contributed by atoms with E-state index in [1.165, 1.54) is 16.0 Å². The molecule has 1 aromatic carbocycles. The van der Waals surface area contributed by atoms with Gasteiger partial charge in [0.05, 0.1) is 36.7 Å². The van der Waals surface area contributed by atoms with Gasteiger partial charge in [0.15, 0.2) is 17.5 Å². The normalized spacial score (nSPS) is 21.5. The third-order valence-electron chi connectivity index (χ3n) is 5.18. The molecule has 3 amide bonds. The molecule has 154 valence electrons. The number of nitrogens with one attached hydrogen (secondary N) is 1. The monoisotopic (exact) mass is 409 g/mol. The molecule has 4 rings (SSSR count). The van der Waals surface area contributed by atoms with Gasteiger partial charge in [-0.3, -0.25) is 9.48 Å². The molecular formula is C18H18F3N5O3. The lowest BCUT2D eigenvalue weighted by Gasteiger charge is -2.35. The van der Waals surface area contributed by atoms with Crippen LogP contribution in [0.1, 0.15) is 19.0 Å². The third kappa shape index (κ3) is 3.31. The first-order valence-electron chi connectivity index (χ1n) is 9.02. The number of amides is 3. The highest BCUT2D eigenvalue weighted by molar-refractivity contribution is 5.99. The van der Waals surface area contributed by atoms with E-state index in [0.717, 1.165) is 0 Å². The quantitative estimate of drug-likeness (QED) is 0.741. The predicted molar refractivity (Wildman–Crippen MR) is 95.5 cm³/mol. The molecule has 0 unspecified atom stereocenters. The average molecular weight is 409 g/mol. The maximum absolute atomic E-state index is 13.4. The lowest BCUT2D eigenvalue weighted by molar-refractivity contribution is -0.124. The fourth-order valence-corrected chi connectivity index (χ4v) is 3.61. The molecule has 1 saturated heterocycles. The Hall–Kier alpha value is -3.08. The first kappa shape index (κ1) is 19.2. The summed E-state index contributed by atoms with van der Waals surface area (Å²) in [6.45, 7) is 2.56. The van der Waals surface area contributed by atoms with Crippen molar-refractivity contribution in [1.82, 2.24) is 14.7 Å². The number of benzene rings is 1. The van der Waals surface area contributed by atoms with E-state index in [-0.39, 0.29) is 18.3 Å². The zero-order chi connectivity index (χ0) is 20.9. The topological polar surface area (TPSA) is 90.7 Å². The number of aromatic nitrogens is 2. The molecule has 11 heteroatoms. The second kappa shape index (κ2) is 7.07. The van der Waals surface area contributed by atoms with Crippen molar-refractivity contribution in [2.75, 3.05) is 16.8 Å². The van der Waals surface area contributed by atoms with Crippen molar-refractivity contribution in [2.24, 2.45) is 0 Å². The van der Waals surface area contributed by atoms with Crippen LogP contribution in [-0.4, -0.2) is 50.4 Å². The van der Waals surface area contributed by atoms with E-state index in [2.05, 4.69) is 10.4 Å². The zero-order valence-corrected chi connectivity index (χ0v) is 15.4. The van der Waals surface area contributed by atoms with E-state index in [1.807, 2.05) is 0 Å². The molecule has 0 radical (unpaired) electrons. The van der Waals surface area contributed by atoms with Gasteiger partial charge in [0.25, 0.3) is 5.91 Å². The lowest BCUT2D eigenvalue weighted by atomic mass is 10.2. The van der Waals surface area contributed by atoms with Crippen molar-refractivity contribution >= 4 is 23.3 Å². The van der Waals surface area contributed by atoms with Crippen LogP contribution in [0.4, 0.5) is 29.3 Å². The van der Waals surface area contributed by atoms with Gasteiger partial charge in [-0.15, -0.1) is 0 Å². The molecule has 2 N–H and O–H groups in total. The number of hydrogen-bond acceptors (Lipinski definition) is 4. The molecule has 2 aliphatic rings. The van der Waals surface area contributed by atoms with Crippen LogP contribution in [0, 0.1) is 17.5 Å². The summed E-state index contributed by atoms with van der Waals surface area (Å²) in [6.07, 6.45) is 0.770. The summed E-state index contributed by atoms with van der Waals surface area (Å²) in [5.41, 5.74) is 0.906. The zero-order valence-electron chi connectivity index (χ0n) is 15.4. The highest BCUT2D eigenvalue weighted by Crippen LogP contribution is 2.30. The van der Waals surface area contributed by atoms with Crippen LogP contribution >= 0.6 is 0 Å². The van der Waals surface area contributed by atoms with Crippen LogP contribution in [-0.2, 0) is 17.9 Å². The number of urea groups is 1. The standard InChI is InChI=1S/C18H18F3N5O3/c1-9-7-26-14(13(6-22-26)24-3-2-15(27)17(24)28)8-25(9)18(29)23-10-4-11(19)16(21)12(20)5-10/h4-6,9,15,27H,2-3,7-8H2,1H3,(H,23,29)/t9-,15-/m0/s1. The van der Waals surface area contributed by atoms with Gasteiger partial charge < -0.3 is 20.2 Å². The van der Waals surface area contributed by atoms with E-state index in [1.54, 1.807) is 11.6 Å². The van der Waals surface area contributed by atoms with E-state index in [9.17, 15) is 27.9 Å². The lowest BCUT2D eigenvalue weighted by Crippen LogP contribution is -2.47. The Kier molecular flexibility index (Phi) is 4.69. The van der Waals surface area contributed by atoms with Crippen LogP contribution < -0.4 is 10.2 Å². The van der Waals surface area contributed by atoms with E-state index in [4.69, 9.17) is 0 Å². The minimum Gasteiger partial charge on any atom is -0.383 e. The maximum atomic E-state index is 13.4. The van der Waals surface area contributed by atoms with Crippen molar-refractivity contribution in [1.29, 1.82) is 0 Å². The smallest absolute Gasteiger partial charge is 0.322 e. The van der Waals surface area contributed by atoms with Gasteiger partial charge >= 0.3 is 6.03 Å². The molecule has 0 saturated carbocycles. The molecule has 2 aromatic rings. The van der Waals surface area contributed by atoms with Gasteiger partial charge in [0.1, 0.15) is 6.10 Å². The predicted octanol–water partition coefficient (Wildman–Crippen LogP) is 1.83. The van der Waals surface area contributed by atoms with Crippen molar-refractivity contribution < 1.29 is 27.9 Å². The molecule has 0 bridgehead atoms. The van der Waals surface area contributed by atoms with Crippen molar-refractivity contribution in [2.45, 2.75) is 38.6 Å². The van der Waals surface area contributed by atoms with Gasteiger partial charge in [-0.2, -0.15) is 5.10 Å². The number of carbonyl (C=O) groups is 2. The van der Waals surface area contributed by atoms with Crippen molar-refractivity contribution in [3.8, 4) is 0 Å². The molecule has 1 aromatic heterocycles. The molecule has 2 atom stereocenters. The number of aliphatic hydroxyl groups is 1. The van der Waals surface area contributed by atoms with E-state index in [0.29, 0.717) is 43.0 Å². The fraction of sp³-hybridized carbons (Fsp3) is 0.389. The van der Waals surface area contributed by atoms with E-state index < -0.39 is 35.5 Å². The minimum absolute atomic E-state index is 0.0916. The molecule has 1 fully saturated rings.